The lowest BCUT2D eigenvalue weighted by atomic mass is 10.0. The van der Waals surface area contributed by atoms with E-state index in [1.54, 1.807) is 0 Å². The largest absolute Gasteiger partial charge is 0.176 e. The van der Waals surface area contributed by atoms with E-state index in [0.717, 1.165) is 17.1 Å². The molecule has 0 amide bonds. The van der Waals surface area contributed by atoms with Crippen molar-refractivity contribution in [2.75, 3.05) is 0 Å². The Balaban J connectivity index is 1.99. The molecule has 0 heterocycles. The van der Waals surface area contributed by atoms with Crippen molar-refractivity contribution in [2.45, 2.75) is 30.9 Å². The van der Waals surface area contributed by atoms with Crippen LogP contribution in [-0.4, -0.2) is 5.25 Å². The molecule has 2 saturated carbocycles. The molecule has 46 valence electrons. The highest BCUT2D eigenvalue weighted by atomic mass is 32.1. The minimum Gasteiger partial charge on any atom is -0.176 e. The number of thiol groups is 1. The van der Waals surface area contributed by atoms with Crippen molar-refractivity contribution < 1.29 is 0 Å². The third-order valence-electron chi connectivity index (χ3n) is 2.55. The Morgan fingerprint density at radius 1 is 1.25 bits per heavy atom. The highest BCUT2D eigenvalue weighted by Crippen LogP contribution is 2.51. The highest BCUT2D eigenvalue weighted by Gasteiger charge is 2.43. The molecule has 3 atom stereocenters. The first-order chi connectivity index (χ1) is 3.88. The van der Waals surface area contributed by atoms with Crippen molar-refractivity contribution in [3.8, 4) is 0 Å². The van der Waals surface area contributed by atoms with Crippen LogP contribution in [0.3, 0.4) is 0 Å². The average Bonchev–Trinajstić information content (AvgIpc) is 2.45. The summed E-state index contributed by atoms with van der Waals surface area (Å²) in [6.07, 6.45) is 5.81. The van der Waals surface area contributed by atoms with E-state index >= 15 is 0 Å². The zero-order valence-corrected chi connectivity index (χ0v) is 5.90. The van der Waals surface area contributed by atoms with Gasteiger partial charge in [0.25, 0.3) is 0 Å². The summed E-state index contributed by atoms with van der Waals surface area (Å²) in [5.41, 5.74) is 0. The zero-order chi connectivity index (χ0) is 5.56. The summed E-state index contributed by atoms with van der Waals surface area (Å²) < 4.78 is 0. The van der Waals surface area contributed by atoms with Gasteiger partial charge in [0.2, 0.25) is 0 Å². The topological polar surface area (TPSA) is 0 Å². The molecule has 0 aliphatic heterocycles. The van der Waals surface area contributed by atoms with Crippen molar-refractivity contribution in [1.82, 2.24) is 0 Å². The molecule has 0 radical (unpaired) electrons. The third kappa shape index (κ3) is 0.680. The molecule has 1 heteroatoms. The molecule has 0 aromatic carbocycles. The molecule has 1 unspecified atom stereocenters. The molecule has 0 nitrogen and oxygen atoms in total. The Hall–Kier alpha value is 0.350. The van der Waals surface area contributed by atoms with Crippen LogP contribution in [0.2, 0.25) is 0 Å². The van der Waals surface area contributed by atoms with Gasteiger partial charge in [-0.2, -0.15) is 12.6 Å². The van der Waals surface area contributed by atoms with Gasteiger partial charge in [0.05, 0.1) is 0 Å². The van der Waals surface area contributed by atoms with E-state index < -0.39 is 0 Å². The maximum Gasteiger partial charge on any atom is 0.00478 e. The van der Waals surface area contributed by atoms with Gasteiger partial charge in [-0.25, -0.2) is 0 Å². The van der Waals surface area contributed by atoms with Crippen LogP contribution in [0.25, 0.3) is 0 Å². The minimum atomic E-state index is 0.772. The fourth-order valence-corrected chi connectivity index (χ4v) is 2.43. The summed E-state index contributed by atoms with van der Waals surface area (Å²) in [5, 5.41) is 0.772. The van der Waals surface area contributed by atoms with Crippen LogP contribution in [0.15, 0.2) is 0 Å². The fourth-order valence-electron chi connectivity index (χ4n) is 1.88. The number of rotatable bonds is 0. The normalized spacial score (nSPS) is 52.9. The molecule has 8 heavy (non-hydrogen) atoms. The van der Waals surface area contributed by atoms with E-state index in [9.17, 15) is 0 Å². The molecule has 0 saturated heterocycles. The van der Waals surface area contributed by atoms with Gasteiger partial charge in [0.1, 0.15) is 0 Å². The molecule has 0 N–H and O–H groups in total. The maximum absolute atomic E-state index is 4.50. The summed E-state index contributed by atoms with van der Waals surface area (Å²) in [6.45, 7) is 0. The molecule has 0 bridgehead atoms. The number of hydrogen-bond donors (Lipinski definition) is 1. The fraction of sp³-hybridized carbons (Fsp3) is 1.00. The van der Waals surface area contributed by atoms with Crippen molar-refractivity contribution in [3.05, 3.63) is 0 Å². The monoisotopic (exact) mass is 128 g/mol. The number of hydrogen-bond acceptors (Lipinski definition) is 1. The first kappa shape index (κ1) is 5.16. The molecule has 2 fully saturated rings. The van der Waals surface area contributed by atoms with Crippen LogP contribution < -0.4 is 0 Å². The molecule has 2 aliphatic carbocycles. The Morgan fingerprint density at radius 3 is 2.75 bits per heavy atom. The number of fused-ring (bicyclic) bond motifs is 1. The lowest BCUT2D eigenvalue weighted by Gasteiger charge is -2.14. The average molecular weight is 128 g/mol. The van der Waals surface area contributed by atoms with Crippen molar-refractivity contribution in [2.24, 2.45) is 11.8 Å². The van der Waals surface area contributed by atoms with Crippen molar-refractivity contribution in [3.63, 3.8) is 0 Å². The molecule has 2 aliphatic rings. The van der Waals surface area contributed by atoms with Crippen LogP contribution in [0, 0.1) is 11.8 Å². The predicted octanol–water partition coefficient (Wildman–Crippen LogP) is 2.10. The lowest BCUT2D eigenvalue weighted by molar-refractivity contribution is 0.493. The zero-order valence-electron chi connectivity index (χ0n) is 5.01. The van der Waals surface area contributed by atoms with Crippen LogP contribution in [-0.2, 0) is 0 Å². The maximum atomic E-state index is 4.50. The molecule has 2 rings (SSSR count). The van der Waals surface area contributed by atoms with Gasteiger partial charge in [-0.3, -0.25) is 0 Å². The molecule has 0 aromatic heterocycles. The quantitative estimate of drug-likeness (QED) is 0.475. The van der Waals surface area contributed by atoms with E-state index in [4.69, 9.17) is 0 Å². The lowest BCUT2D eigenvalue weighted by Crippen LogP contribution is -2.08. The van der Waals surface area contributed by atoms with Gasteiger partial charge in [0.15, 0.2) is 0 Å². The van der Waals surface area contributed by atoms with Crippen LogP contribution in [0.4, 0.5) is 0 Å². The second-order valence-electron chi connectivity index (χ2n) is 3.16. The summed E-state index contributed by atoms with van der Waals surface area (Å²) in [4.78, 5) is 0. The van der Waals surface area contributed by atoms with E-state index in [2.05, 4.69) is 12.6 Å². The van der Waals surface area contributed by atoms with Gasteiger partial charge < -0.3 is 0 Å². The molecular formula is C7H12S. The van der Waals surface area contributed by atoms with Crippen LogP contribution in [0.5, 0.6) is 0 Å². The first-order valence-corrected chi connectivity index (χ1v) is 4.07. The van der Waals surface area contributed by atoms with Gasteiger partial charge in [-0.15, -0.1) is 0 Å². The standard InChI is InChI=1S/C7H12S/c8-7-3-1-2-5-4-6(5)7/h5-8H,1-4H2/t5-,6+,7?/m1/s1. The minimum absolute atomic E-state index is 0.772. The summed E-state index contributed by atoms with van der Waals surface area (Å²) in [6, 6.07) is 0. The second kappa shape index (κ2) is 1.66. The summed E-state index contributed by atoms with van der Waals surface area (Å²) in [5.74, 6) is 2.14. The Labute approximate surface area is 56.1 Å². The molecular weight excluding hydrogens is 116 g/mol. The summed E-state index contributed by atoms with van der Waals surface area (Å²) >= 11 is 4.50. The molecule has 0 spiro atoms. The van der Waals surface area contributed by atoms with Crippen molar-refractivity contribution >= 4 is 12.6 Å². The van der Waals surface area contributed by atoms with Crippen molar-refractivity contribution in [1.29, 1.82) is 0 Å². The second-order valence-corrected chi connectivity index (χ2v) is 3.82. The Bertz CT molecular complexity index is 101. The van der Waals surface area contributed by atoms with Gasteiger partial charge in [0, 0.05) is 5.25 Å². The third-order valence-corrected chi connectivity index (χ3v) is 3.19. The van der Waals surface area contributed by atoms with Gasteiger partial charge in [-0.1, -0.05) is 12.8 Å². The van der Waals surface area contributed by atoms with E-state index in [1.165, 1.54) is 25.7 Å². The van der Waals surface area contributed by atoms with E-state index in [0.29, 0.717) is 0 Å². The Kier molecular flexibility index (Phi) is 1.07. The van der Waals surface area contributed by atoms with E-state index in [1.807, 2.05) is 0 Å². The van der Waals surface area contributed by atoms with Crippen LogP contribution in [0.1, 0.15) is 25.7 Å². The SMILES string of the molecule is SC1CCC[C@@H]2C[C@H]12. The smallest absolute Gasteiger partial charge is 0.00478 e. The Morgan fingerprint density at radius 2 is 2.12 bits per heavy atom. The van der Waals surface area contributed by atoms with Gasteiger partial charge >= 0.3 is 0 Å². The first-order valence-electron chi connectivity index (χ1n) is 3.56. The molecule has 0 aromatic rings. The van der Waals surface area contributed by atoms with E-state index in [-0.39, 0.29) is 0 Å². The van der Waals surface area contributed by atoms with Crippen LogP contribution >= 0.6 is 12.6 Å². The summed E-state index contributed by atoms with van der Waals surface area (Å²) in [7, 11) is 0. The predicted molar refractivity (Wildman–Crippen MR) is 38.2 cm³/mol. The van der Waals surface area contributed by atoms with Gasteiger partial charge in [-0.05, 0) is 24.7 Å². The highest BCUT2D eigenvalue weighted by molar-refractivity contribution is 7.81.